The number of rotatable bonds is 7. The Balaban J connectivity index is 3.09. The van der Waals surface area contributed by atoms with Gasteiger partial charge in [0.15, 0.2) is 0 Å². The summed E-state index contributed by atoms with van der Waals surface area (Å²) in [5.74, 6) is 1.58. The van der Waals surface area contributed by atoms with E-state index in [1.165, 1.54) is 0 Å². The fourth-order valence-electron chi connectivity index (χ4n) is 1.92. The van der Waals surface area contributed by atoms with Gasteiger partial charge in [0.2, 0.25) is 0 Å². The van der Waals surface area contributed by atoms with Crippen molar-refractivity contribution in [3.8, 4) is 11.5 Å². The number of hydrogen-bond acceptors (Lipinski definition) is 4. The molecule has 0 heterocycles. The van der Waals surface area contributed by atoms with E-state index in [9.17, 15) is 0 Å². The molecule has 1 rings (SSSR count). The number of likely N-dealkylation sites (N-methyl/N-ethyl adjacent to an activating group) is 1. The summed E-state index contributed by atoms with van der Waals surface area (Å²) < 4.78 is 16.0. The van der Waals surface area contributed by atoms with Crippen LogP contribution in [0.3, 0.4) is 0 Å². The molecule has 0 aliphatic heterocycles. The van der Waals surface area contributed by atoms with Crippen LogP contribution in [0.25, 0.3) is 0 Å². The Morgan fingerprint density at radius 2 is 1.61 bits per heavy atom. The molecule has 4 heteroatoms. The molecular weight excluding hydrogens is 230 g/mol. The van der Waals surface area contributed by atoms with E-state index in [4.69, 9.17) is 14.2 Å². The standard InChI is InChI=1S/C14H23NO3/c1-6-15-14(10(2)16-3)11-7-12(17-4)9-13(8-11)18-5/h7-10,14-15H,6H2,1-5H3. The normalized spacial score (nSPS) is 14.1. The van der Waals surface area contributed by atoms with Crippen molar-refractivity contribution in [1.82, 2.24) is 5.32 Å². The molecule has 0 fully saturated rings. The van der Waals surface area contributed by atoms with Crippen molar-refractivity contribution in [2.24, 2.45) is 0 Å². The second-order valence-corrected chi connectivity index (χ2v) is 4.12. The summed E-state index contributed by atoms with van der Waals surface area (Å²) in [5, 5.41) is 3.42. The predicted molar refractivity (Wildman–Crippen MR) is 72.4 cm³/mol. The van der Waals surface area contributed by atoms with Gasteiger partial charge in [-0.05, 0) is 31.2 Å². The first kappa shape index (κ1) is 14.8. The van der Waals surface area contributed by atoms with Crippen LogP contribution < -0.4 is 14.8 Å². The fraction of sp³-hybridized carbons (Fsp3) is 0.571. The highest BCUT2D eigenvalue weighted by molar-refractivity contribution is 5.40. The summed E-state index contributed by atoms with van der Waals surface area (Å²) in [5.41, 5.74) is 1.10. The van der Waals surface area contributed by atoms with E-state index in [0.29, 0.717) is 0 Å². The lowest BCUT2D eigenvalue weighted by molar-refractivity contribution is 0.0834. The quantitative estimate of drug-likeness (QED) is 0.810. The monoisotopic (exact) mass is 253 g/mol. The Kier molecular flexibility index (Phi) is 5.95. The molecule has 0 aromatic heterocycles. The first-order valence-corrected chi connectivity index (χ1v) is 6.15. The third-order valence-corrected chi connectivity index (χ3v) is 3.00. The molecule has 0 saturated heterocycles. The van der Waals surface area contributed by atoms with Crippen LogP contribution in [-0.4, -0.2) is 34.0 Å². The predicted octanol–water partition coefficient (Wildman–Crippen LogP) is 2.39. The minimum absolute atomic E-state index is 0.0711. The van der Waals surface area contributed by atoms with Crippen molar-refractivity contribution >= 4 is 0 Å². The van der Waals surface area contributed by atoms with E-state index >= 15 is 0 Å². The lowest BCUT2D eigenvalue weighted by Gasteiger charge is -2.25. The molecule has 1 aromatic rings. The van der Waals surface area contributed by atoms with Crippen LogP contribution in [0.15, 0.2) is 18.2 Å². The maximum absolute atomic E-state index is 5.42. The molecule has 0 bridgehead atoms. The minimum Gasteiger partial charge on any atom is -0.497 e. The highest BCUT2D eigenvalue weighted by Crippen LogP contribution is 2.28. The second kappa shape index (κ2) is 7.24. The van der Waals surface area contributed by atoms with Gasteiger partial charge in [-0.3, -0.25) is 0 Å². The Morgan fingerprint density at radius 1 is 1.06 bits per heavy atom. The van der Waals surface area contributed by atoms with Crippen LogP contribution in [0.5, 0.6) is 11.5 Å². The number of methoxy groups -OCH3 is 3. The molecule has 18 heavy (non-hydrogen) atoms. The molecule has 4 nitrogen and oxygen atoms in total. The van der Waals surface area contributed by atoms with Crippen LogP contribution in [0, 0.1) is 0 Å². The molecule has 0 amide bonds. The molecular formula is C14H23NO3. The van der Waals surface area contributed by atoms with Crippen LogP contribution >= 0.6 is 0 Å². The average Bonchev–Trinajstić information content (AvgIpc) is 2.43. The van der Waals surface area contributed by atoms with Crippen LogP contribution in [0.4, 0.5) is 0 Å². The number of hydrogen-bond donors (Lipinski definition) is 1. The number of nitrogens with one attached hydrogen (secondary N) is 1. The third-order valence-electron chi connectivity index (χ3n) is 3.00. The van der Waals surface area contributed by atoms with Crippen molar-refractivity contribution in [3.63, 3.8) is 0 Å². The average molecular weight is 253 g/mol. The topological polar surface area (TPSA) is 39.7 Å². The zero-order valence-corrected chi connectivity index (χ0v) is 11.8. The molecule has 1 N–H and O–H groups in total. The van der Waals surface area contributed by atoms with Crippen molar-refractivity contribution < 1.29 is 14.2 Å². The lowest BCUT2D eigenvalue weighted by atomic mass is 10.0. The number of benzene rings is 1. The second-order valence-electron chi connectivity index (χ2n) is 4.12. The van der Waals surface area contributed by atoms with Gasteiger partial charge in [0.25, 0.3) is 0 Å². The van der Waals surface area contributed by atoms with Gasteiger partial charge >= 0.3 is 0 Å². The summed E-state index contributed by atoms with van der Waals surface area (Å²) in [6, 6.07) is 5.99. The minimum atomic E-state index is 0.0711. The SMILES string of the molecule is CCNC(c1cc(OC)cc(OC)c1)C(C)OC. The Morgan fingerprint density at radius 3 is 2.00 bits per heavy atom. The lowest BCUT2D eigenvalue weighted by Crippen LogP contribution is -2.31. The maximum atomic E-state index is 5.42. The highest BCUT2D eigenvalue weighted by Gasteiger charge is 2.19. The molecule has 2 atom stereocenters. The number of ether oxygens (including phenoxy) is 3. The molecule has 0 saturated carbocycles. The summed E-state index contributed by atoms with van der Waals surface area (Å²) in [6.07, 6.45) is 0.0711. The van der Waals surface area contributed by atoms with E-state index in [0.717, 1.165) is 23.6 Å². The van der Waals surface area contributed by atoms with E-state index in [1.54, 1.807) is 21.3 Å². The molecule has 0 aliphatic carbocycles. The molecule has 0 spiro atoms. The molecule has 2 unspecified atom stereocenters. The van der Waals surface area contributed by atoms with Gasteiger partial charge in [-0.2, -0.15) is 0 Å². The zero-order valence-electron chi connectivity index (χ0n) is 11.8. The first-order valence-electron chi connectivity index (χ1n) is 6.15. The van der Waals surface area contributed by atoms with Gasteiger partial charge in [0.05, 0.1) is 26.4 Å². The summed E-state index contributed by atoms with van der Waals surface area (Å²) in [7, 11) is 5.02. The van der Waals surface area contributed by atoms with Crippen molar-refractivity contribution in [1.29, 1.82) is 0 Å². The van der Waals surface area contributed by atoms with Gasteiger partial charge < -0.3 is 19.5 Å². The van der Waals surface area contributed by atoms with E-state index in [-0.39, 0.29) is 12.1 Å². The molecule has 1 aromatic carbocycles. The van der Waals surface area contributed by atoms with Gasteiger partial charge in [0, 0.05) is 13.2 Å². The molecule has 0 aliphatic rings. The molecule has 0 radical (unpaired) electrons. The maximum Gasteiger partial charge on any atom is 0.122 e. The van der Waals surface area contributed by atoms with Gasteiger partial charge in [-0.15, -0.1) is 0 Å². The fourth-order valence-corrected chi connectivity index (χ4v) is 1.92. The summed E-state index contributed by atoms with van der Waals surface area (Å²) in [6.45, 7) is 4.99. The Bertz CT molecular complexity index is 346. The zero-order chi connectivity index (χ0) is 13.5. The van der Waals surface area contributed by atoms with Gasteiger partial charge in [-0.1, -0.05) is 6.92 Å². The Labute approximate surface area is 109 Å². The van der Waals surface area contributed by atoms with Crippen LogP contribution in [0.1, 0.15) is 25.5 Å². The van der Waals surface area contributed by atoms with Crippen molar-refractivity contribution in [2.45, 2.75) is 26.0 Å². The van der Waals surface area contributed by atoms with Crippen LogP contribution in [-0.2, 0) is 4.74 Å². The summed E-state index contributed by atoms with van der Waals surface area (Å²) >= 11 is 0. The van der Waals surface area contributed by atoms with E-state index in [2.05, 4.69) is 12.2 Å². The van der Waals surface area contributed by atoms with Crippen molar-refractivity contribution in [3.05, 3.63) is 23.8 Å². The van der Waals surface area contributed by atoms with Gasteiger partial charge in [-0.25, -0.2) is 0 Å². The Hall–Kier alpha value is -1.26. The third kappa shape index (κ3) is 3.62. The molecule has 102 valence electrons. The first-order chi connectivity index (χ1) is 8.65. The van der Waals surface area contributed by atoms with Crippen LogP contribution in [0.2, 0.25) is 0 Å². The van der Waals surface area contributed by atoms with Crippen molar-refractivity contribution in [2.75, 3.05) is 27.9 Å². The highest BCUT2D eigenvalue weighted by atomic mass is 16.5. The summed E-state index contributed by atoms with van der Waals surface area (Å²) in [4.78, 5) is 0. The largest absolute Gasteiger partial charge is 0.497 e. The smallest absolute Gasteiger partial charge is 0.122 e. The van der Waals surface area contributed by atoms with E-state index in [1.807, 2.05) is 25.1 Å². The van der Waals surface area contributed by atoms with Gasteiger partial charge in [0.1, 0.15) is 11.5 Å². The van der Waals surface area contributed by atoms with E-state index < -0.39 is 0 Å².